The standard InChI is InChI=1S/C16H28N4O/c1-4-8-19-11-7-17-15(19)12-18-14-5-9-20(10-6-14)16(21)13(2)3/h7,11,13-14,18H,4-6,8-10,12H2,1-3H3. The van der Waals surface area contributed by atoms with Gasteiger partial charge in [-0.1, -0.05) is 20.8 Å². The van der Waals surface area contributed by atoms with Crippen molar-refractivity contribution in [2.24, 2.45) is 5.92 Å². The molecular formula is C16H28N4O. The molecule has 1 fully saturated rings. The molecule has 0 saturated carbocycles. The number of hydrogen-bond acceptors (Lipinski definition) is 3. The highest BCUT2D eigenvalue weighted by molar-refractivity contribution is 5.78. The first-order valence-corrected chi connectivity index (χ1v) is 8.14. The van der Waals surface area contributed by atoms with Crippen LogP contribution in [0.4, 0.5) is 0 Å². The average molecular weight is 292 g/mol. The minimum absolute atomic E-state index is 0.107. The van der Waals surface area contributed by atoms with E-state index in [0.29, 0.717) is 6.04 Å². The highest BCUT2D eigenvalue weighted by Crippen LogP contribution is 2.13. The van der Waals surface area contributed by atoms with Crippen molar-refractivity contribution in [2.75, 3.05) is 13.1 Å². The molecule has 1 N–H and O–H groups in total. The van der Waals surface area contributed by atoms with Crippen LogP contribution in [0.1, 0.15) is 45.9 Å². The lowest BCUT2D eigenvalue weighted by Gasteiger charge is -2.33. The lowest BCUT2D eigenvalue weighted by Crippen LogP contribution is -2.46. The average Bonchev–Trinajstić information content (AvgIpc) is 2.92. The molecule has 0 spiro atoms. The van der Waals surface area contributed by atoms with Crippen molar-refractivity contribution in [2.45, 2.75) is 59.2 Å². The molecule has 1 aromatic rings. The van der Waals surface area contributed by atoms with Crippen molar-refractivity contribution in [3.63, 3.8) is 0 Å². The second-order valence-corrected chi connectivity index (χ2v) is 6.17. The molecule has 0 radical (unpaired) electrons. The van der Waals surface area contributed by atoms with E-state index in [0.717, 1.165) is 51.3 Å². The van der Waals surface area contributed by atoms with E-state index in [1.807, 2.05) is 31.1 Å². The van der Waals surface area contributed by atoms with Gasteiger partial charge in [0.05, 0.1) is 6.54 Å². The zero-order valence-electron chi connectivity index (χ0n) is 13.5. The fourth-order valence-corrected chi connectivity index (χ4v) is 2.86. The quantitative estimate of drug-likeness (QED) is 0.873. The van der Waals surface area contributed by atoms with Crippen LogP contribution in [-0.2, 0) is 17.9 Å². The summed E-state index contributed by atoms with van der Waals surface area (Å²) in [4.78, 5) is 18.4. The Bertz CT molecular complexity index is 447. The minimum Gasteiger partial charge on any atom is -0.342 e. The van der Waals surface area contributed by atoms with Gasteiger partial charge in [0.2, 0.25) is 5.91 Å². The summed E-state index contributed by atoms with van der Waals surface area (Å²) >= 11 is 0. The predicted molar refractivity (Wildman–Crippen MR) is 83.8 cm³/mol. The molecule has 1 aromatic heterocycles. The number of carbonyl (C=O) groups excluding carboxylic acids is 1. The molecule has 0 aromatic carbocycles. The Morgan fingerprint density at radius 2 is 2.14 bits per heavy atom. The maximum absolute atomic E-state index is 12.0. The van der Waals surface area contributed by atoms with Crippen LogP contribution in [0.5, 0.6) is 0 Å². The summed E-state index contributed by atoms with van der Waals surface area (Å²) in [6, 6.07) is 0.494. The van der Waals surface area contributed by atoms with E-state index in [9.17, 15) is 4.79 Å². The van der Waals surface area contributed by atoms with Gasteiger partial charge in [0, 0.05) is 44.0 Å². The maximum atomic E-state index is 12.0. The maximum Gasteiger partial charge on any atom is 0.225 e. The normalized spacial score (nSPS) is 16.7. The van der Waals surface area contributed by atoms with Crippen LogP contribution >= 0.6 is 0 Å². The highest BCUT2D eigenvalue weighted by atomic mass is 16.2. The number of nitrogens with zero attached hydrogens (tertiary/aromatic N) is 3. The van der Waals surface area contributed by atoms with Gasteiger partial charge in [0.1, 0.15) is 5.82 Å². The summed E-state index contributed by atoms with van der Waals surface area (Å²) in [5, 5.41) is 3.59. The van der Waals surface area contributed by atoms with Crippen molar-refractivity contribution in [1.82, 2.24) is 19.8 Å². The van der Waals surface area contributed by atoms with E-state index in [-0.39, 0.29) is 11.8 Å². The number of imidazole rings is 1. The molecule has 5 heteroatoms. The van der Waals surface area contributed by atoms with Gasteiger partial charge in [-0.2, -0.15) is 0 Å². The van der Waals surface area contributed by atoms with E-state index in [2.05, 4.69) is 21.8 Å². The number of piperidine rings is 1. The molecule has 5 nitrogen and oxygen atoms in total. The monoisotopic (exact) mass is 292 g/mol. The number of likely N-dealkylation sites (tertiary alicyclic amines) is 1. The van der Waals surface area contributed by atoms with Gasteiger partial charge in [-0.15, -0.1) is 0 Å². The van der Waals surface area contributed by atoms with Crippen LogP contribution in [0.15, 0.2) is 12.4 Å². The third-order valence-corrected chi connectivity index (χ3v) is 4.12. The first-order valence-electron chi connectivity index (χ1n) is 8.14. The third kappa shape index (κ3) is 4.30. The van der Waals surface area contributed by atoms with Crippen LogP contribution in [0.25, 0.3) is 0 Å². The predicted octanol–water partition coefficient (Wildman–Crippen LogP) is 2.03. The molecule has 0 aliphatic carbocycles. The molecular weight excluding hydrogens is 264 g/mol. The number of nitrogens with one attached hydrogen (secondary N) is 1. The van der Waals surface area contributed by atoms with Crippen LogP contribution in [0.3, 0.4) is 0 Å². The largest absolute Gasteiger partial charge is 0.342 e. The van der Waals surface area contributed by atoms with Gasteiger partial charge in [0.25, 0.3) is 0 Å². The second-order valence-electron chi connectivity index (χ2n) is 6.17. The fraction of sp³-hybridized carbons (Fsp3) is 0.750. The number of aromatic nitrogens is 2. The molecule has 118 valence electrons. The summed E-state index contributed by atoms with van der Waals surface area (Å²) in [7, 11) is 0. The molecule has 2 heterocycles. The molecule has 0 bridgehead atoms. The Labute approximate surface area is 127 Å². The molecule has 1 aliphatic rings. The second kappa shape index (κ2) is 7.59. The molecule has 21 heavy (non-hydrogen) atoms. The van der Waals surface area contributed by atoms with Gasteiger partial charge in [0.15, 0.2) is 0 Å². The Kier molecular flexibility index (Phi) is 5.79. The Morgan fingerprint density at radius 1 is 1.43 bits per heavy atom. The molecule has 2 rings (SSSR count). The van der Waals surface area contributed by atoms with Gasteiger partial charge < -0.3 is 14.8 Å². The zero-order valence-corrected chi connectivity index (χ0v) is 13.5. The van der Waals surface area contributed by atoms with Crippen molar-refractivity contribution in [1.29, 1.82) is 0 Å². The zero-order chi connectivity index (χ0) is 15.2. The van der Waals surface area contributed by atoms with Crippen LogP contribution in [0, 0.1) is 5.92 Å². The third-order valence-electron chi connectivity index (χ3n) is 4.12. The summed E-state index contributed by atoms with van der Waals surface area (Å²) < 4.78 is 2.21. The highest BCUT2D eigenvalue weighted by Gasteiger charge is 2.24. The molecule has 0 unspecified atom stereocenters. The van der Waals surface area contributed by atoms with E-state index >= 15 is 0 Å². The molecule has 1 saturated heterocycles. The number of carbonyl (C=O) groups is 1. The lowest BCUT2D eigenvalue weighted by molar-refractivity contribution is -0.135. The number of aryl methyl sites for hydroxylation is 1. The van der Waals surface area contributed by atoms with Crippen molar-refractivity contribution in [3.05, 3.63) is 18.2 Å². The SMILES string of the molecule is CCCn1ccnc1CNC1CCN(C(=O)C(C)C)CC1. The van der Waals surface area contributed by atoms with Crippen LogP contribution < -0.4 is 5.32 Å². The van der Waals surface area contributed by atoms with Gasteiger partial charge in [-0.05, 0) is 19.3 Å². The smallest absolute Gasteiger partial charge is 0.225 e. The Hall–Kier alpha value is -1.36. The van der Waals surface area contributed by atoms with E-state index in [1.165, 1.54) is 0 Å². The van der Waals surface area contributed by atoms with Gasteiger partial charge in [-0.25, -0.2) is 4.98 Å². The summed E-state index contributed by atoms with van der Waals surface area (Å²) in [5.74, 6) is 1.50. The van der Waals surface area contributed by atoms with Gasteiger partial charge in [-0.3, -0.25) is 4.79 Å². The fourth-order valence-electron chi connectivity index (χ4n) is 2.86. The van der Waals surface area contributed by atoms with E-state index in [4.69, 9.17) is 0 Å². The molecule has 1 amide bonds. The summed E-state index contributed by atoms with van der Waals surface area (Å²) in [5.41, 5.74) is 0. The minimum atomic E-state index is 0.107. The molecule has 1 aliphatic heterocycles. The van der Waals surface area contributed by atoms with Crippen molar-refractivity contribution < 1.29 is 4.79 Å². The van der Waals surface area contributed by atoms with E-state index in [1.54, 1.807) is 0 Å². The van der Waals surface area contributed by atoms with Crippen LogP contribution in [0.2, 0.25) is 0 Å². The van der Waals surface area contributed by atoms with Crippen LogP contribution in [-0.4, -0.2) is 39.5 Å². The Morgan fingerprint density at radius 3 is 2.76 bits per heavy atom. The number of hydrogen-bond donors (Lipinski definition) is 1. The summed E-state index contributed by atoms with van der Waals surface area (Å²) in [6.45, 7) is 9.71. The Balaban J connectivity index is 1.76. The first kappa shape index (κ1) is 16.0. The lowest BCUT2D eigenvalue weighted by atomic mass is 10.0. The summed E-state index contributed by atoms with van der Waals surface area (Å²) in [6.07, 6.45) is 7.11. The van der Waals surface area contributed by atoms with Crippen molar-refractivity contribution in [3.8, 4) is 0 Å². The first-order chi connectivity index (χ1) is 10.1. The number of amides is 1. The number of rotatable bonds is 6. The topological polar surface area (TPSA) is 50.2 Å². The molecule has 0 atom stereocenters. The van der Waals surface area contributed by atoms with Crippen molar-refractivity contribution >= 4 is 5.91 Å². The van der Waals surface area contributed by atoms with E-state index < -0.39 is 0 Å². The van der Waals surface area contributed by atoms with Gasteiger partial charge >= 0.3 is 0 Å².